The number of piperidine rings is 1. The van der Waals surface area contributed by atoms with Crippen LogP contribution < -0.4 is 4.74 Å². The molecule has 0 radical (unpaired) electrons. The van der Waals surface area contributed by atoms with Gasteiger partial charge in [-0.2, -0.15) is 0 Å². The number of rotatable bonds is 7. The number of ether oxygens (including phenoxy) is 1. The second-order valence-corrected chi connectivity index (χ2v) is 7.64. The van der Waals surface area contributed by atoms with E-state index in [1.807, 2.05) is 42.6 Å². The highest BCUT2D eigenvalue weighted by Crippen LogP contribution is 2.32. The monoisotopic (exact) mass is 406 g/mol. The van der Waals surface area contributed by atoms with E-state index in [2.05, 4.69) is 9.88 Å². The van der Waals surface area contributed by atoms with Crippen LogP contribution in [0.5, 0.6) is 5.75 Å². The number of oxazole rings is 1. The molecule has 1 unspecified atom stereocenters. The molecule has 2 heterocycles. The van der Waals surface area contributed by atoms with E-state index in [1.54, 1.807) is 19.2 Å². The number of hydrogen-bond acceptors (Lipinski definition) is 5. The zero-order chi connectivity index (χ0) is 20.9. The van der Waals surface area contributed by atoms with Crippen molar-refractivity contribution in [2.24, 2.45) is 0 Å². The van der Waals surface area contributed by atoms with Crippen molar-refractivity contribution in [3.63, 3.8) is 0 Å². The van der Waals surface area contributed by atoms with E-state index in [4.69, 9.17) is 14.3 Å². The van der Waals surface area contributed by atoms with E-state index in [9.17, 15) is 4.79 Å². The first-order valence-corrected chi connectivity index (χ1v) is 10.3. The first-order chi connectivity index (χ1) is 14.6. The molecular weight excluding hydrogens is 380 g/mol. The van der Waals surface area contributed by atoms with Gasteiger partial charge < -0.3 is 14.3 Å². The molecule has 1 aliphatic heterocycles. The maximum atomic E-state index is 11.1. The predicted octanol–water partition coefficient (Wildman–Crippen LogP) is 4.70. The third-order valence-corrected chi connectivity index (χ3v) is 5.61. The summed E-state index contributed by atoms with van der Waals surface area (Å²) in [6, 6.07) is 15.2. The molecule has 0 spiro atoms. The number of nitrogens with zero attached hydrogens (tertiary/aromatic N) is 2. The lowest BCUT2D eigenvalue weighted by Gasteiger charge is -2.33. The summed E-state index contributed by atoms with van der Waals surface area (Å²) in [5.74, 6) is 1.52. The van der Waals surface area contributed by atoms with E-state index in [-0.39, 0.29) is 6.04 Å². The number of methoxy groups -OCH3 is 1. The highest BCUT2D eigenvalue weighted by Gasteiger charge is 2.28. The van der Waals surface area contributed by atoms with Crippen LogP contribution in [0.4, 0.5) is 0 Å². The summed E-state index contributed by atoms with van der Waals surface area (Å²) < 4.78 is 11.6. The number of benzene rings is 2. The molecule has 3 aromatic rings. The average molecular weight is 406 g/mol. The minimum absolute atomic E-state index is 0.129. The maximum absolute atomic E-state index is 11.1. The minimum Gasteiger partial charge on any atom is -0.496 e. The molecule has 1 aromatic heterocycles. The molecular formula is C24H26N2O4. The number of para-hydroxylation sites is 1. The summed E-state index contributed by atoms with van der Waals surface area (Å²) in [5.41, 5.74) is 2.47. The topological polar surface area (TPSA) is 75.8 Å². The van der Waals surface area contributed by atoms with E-state index in [0.29, 0.717) is 12.0 Å². The molecule has 1 atom stereocenters. The fourth-order valence-corrected chi connectivity index (χ4v) is 4.04. The van der Waals surface area contributed by atoms with Crippen molar-refractivity contribution >= 4 is 5.97 Å². The second kappa shape index (κ2) is 9.13. The summed E-state index contributed by atoms with van der Waals surface area (Å²) in [6.45, 7) is 1.71. The third-order valence-electron chi connectivity index (χ3n) is 5.61. The summed E-state index contributed by atoms with van der Waals surface area (Å²) >= 11 is 0. The van der Waals surface area contributed by atoms with Gasteiger partial charge in [-0.25, -0.2) is 9.78 Å². The quantitative estimate of drug-likeness (QED) is 0.613. The Kier molecular flexibility index (Phi) is 6.14. The molecule has 1 fully saturated rings. The van der Waals surface area contributed by atoms with Crippen molar-refractivity contribution in [3.8, 4) is 5.75 Å². The van der Waals surface area contributed by atoms with Gasteiger partial charge in [0.2, 0.25) is 5.89 Å². The highest BCUT2D eigenvalue weighted by molar-refractivity contribution is 5.87. The summed E-state index contributed by atoms with van der Waals surface area (Å²) in [6.07, 6.45) is 5.74. The summed E-state index contributed by atoms with van der Waals surface area (Å²) in [7, 11) is 1.67. The summed E-state index contributed by atoms with van der Waals surface area (Å²) in [4.78, 5) is 18.0. The van der Waals surface area contributed by atoms with Gasteiger partial charge >= 0.3 is 5.97 Å². The van der Waals surface area contributed by atoms with Gasteiger partial charge in [-0.15, -0.1) is 0 Å². The molecule has 0 saturated carbocycles. The first kappa shape index (κ1) is 20.2. The molecule has 156 valence electrons. The van der Waals surface area contributed by atoms with Crippen molar-refractivity contribution < 1.29 is 19.1 Å². The van der Waals surface area contributed by atoms with Gasteiger partial charge in [0.05, 0.1) is 24.9 Å². The number of carbonyl (C=O) groups is 1. The number of likely N-dealkylation sites (tertiary alicyclic amines) is 1. The molecule has 0 aliphatic carbocycles. The zero-order valence-electron chi connectivity index (χ0n) is 17.1. The lowest BCUT2D eigenvalue weighted by atomic mass is 10.0. The number of carboxylic acid groups (broad SMARTS) is 1. The van der Waals surface area contributed by atoms with E-state index in [0.717, 1.165) is 60.9 Å². The Hall–Kier alpha value is -3.12. The Balaban J connectivity index is 1.48. The molecule has 0 bridgehead atoms. The molecule has 1 saturated heterocycles. The zero-order valence-corrected chi connectivity index (χ0v) is 17.1. The predicted molar refractivity (Wildman–Crippen MR) is 113 cm³/mol. The largest absolute Gasteiger partial charge is 0.496 e. The van der Waals surface area contributed by atoms with Gasteiger partial charge in [-0.3, -0.25) is 4.90 Å². The smallest absolute Gasteiger partial charge is 0.335 e. The average Bonchev–Trinajstić information content (AvgIpc) is 3.23. The number of aromatic carboxylic acids is 1. The minimum atomic E-state index is -0.903. The van der Waals surface area contributed by atoms with Gasteiger partial charge in [0.25, 0.3) is 0 Å². The fourth-order valence-electron chi connectivity index (χ4n) is 4.04. The Bertz CT molecular complexity index is 996. The van der Waals surface area contributed by atoms with E-state index >= 15 is 0 Å². The highest BCUT2D eigenvalue weighted by atomic mass is 16.5. The SMILES string of the molecule is COc1ccccc1Cc1cnc(C2CCCCN2Cc2ccc(C(=O)O)cc2)o1. The van der Waals surface area contributed by atoms with E-state index in [1.165, 1.54) is 0 Å². The lowest BCUT2D eigenvalue weighted by molar-refractivity contribution is 0.0697. The third kappa shape index (κ3) is 4.54. The van der Waals surface area contributed by atoms with E-state index < -0.39 is 5.97 Å². The Labute approximate surface area is 176 Å². The van der Waals surface area contributed by atoms with Crippen LogP contribution in [0.3, 0.4) is 0 Å². The van der Waals surface area contributed by atoms with Crippen molar-refractivity contribution in [3.05, 3.63) is 83.1 Å². The van der Waals surface area contributed by atoms with Gasteiger partial charge in [0.1, 0.15) is 11.5 Å². The van der Waals surface area contributed by atoms with Crippen LogP contribution in [0.15, 0.2) is 59.1 Å². The Morgan fingerprint density at radius 1 is 1.20 bits per heavy atom. The molecule has 1 aliphatic rings. The lowest BCUT2D eigenvalue weighted by Crippen LogP contribution is -2.33. The van der Waals surface area contributed by atoms with Crippen molar-refractivity contribution in [2.45, 2.75) is 38.3 Å². The fraction of sp³-hybridized carbons (Fsp3) is 0.333. The molecule has 0 amide bonds. The van der Waals surface area contributed by atoms with Gasteiger partial charge in [0.15, 0.2) is 0 Å². The van der Waals surface area contributed by atoms with Crippen molar-refractivity contribution in [1.29, 1.82) is 0 Å². The molecule has 4 rings (SSSR count). The van der Waals surface area contributed by atoms with Crippen molar-refractivity contribution in [1.82, 2.24) is 9.88 Å². The van der Waals surface area contributed by atoms with Gasteiger partial charge in [0, 0.05) is 18.5 Å². The normalized spacial score (nSPS) is 17.0. The van der Waals surface area contributed by atoms with Crippen LogP contribution >= 0.6 is 0 Å². The van der Waals surface area contributed by atoms with Crippen LogP contribution in [-0.4, -0.2) is 34.6 Å². The molecule has 6 heteroatoms. The molecule has 6 nitrogen and oxygen atoms in total. The van der Waals surface area contributed by atoms with Gasteiger partial charge in [-0.1, -0.05) is 36.8 Å². The first-order valence-electron chi connectivity index (χ1n) is 10.3. The molecule has 1 N–H and O–H groups in total. The Morgan fingerprint density at radius 3 is 2.77 bits per heavy atom. The number of carboxylic acids is 1. The molecule has 30 heavy (non-hydrogen) atoms. The number of hydrogen-bond donors (Lipinski definition) is 1. The van der Waals surface area contributed by atoms with Crippen LogP contribution in [0.2, 0.25) is 0 Å². The van der Waals surface area contributed by atoms with Crippen LogP contribution in [-0.2, 0) is 13.0 Å². The molecule has 2 aromatic carbocycles. The Morgan fingerprint density at radius 2 is 2.00 bits per heavy atom. The van der Waals surface area contributed by atoms with Crippen LogP contribution in [0.25, 0.3) is 0 Å². The van der Waals surface area contributed by atoms with Crippen LogP contribution in [0.1, 0.15) is 58.4 Å². The van der Waals surface area contributed by atoms with Crippen LogP contribution in [0, 0.1) is 0 Å². The number of aromatic nitrogens is 1. The van der Waals surface area contributed by atoms with Gasteiger partial charge in [-0.05, 0) is 43.1 Å². The second-order valence-electron chi connectivity index (χ2n) is 7.64. The standard InChI is InChI=1S/C24H26N2O4/c1-29-22-8-3-2-6-19(22)14-20-15-25-23(30-20)21-7-4-5-13-26(21)16-17-9-11-18(12-10-17)24(27)28/h2-3,6,8-12,15,21H,4-5,7,13-14,16H2,1H3,(H,27,28). The summed E-state index contributed by atoms with van der Waals surface area (Å²) in [5, 5.41) is 9.09. The maximum Gasteiger partial charge on any atom is 0.335 e. The van der Waals surface area contributed by atoms with Crippen molar-refractivity contribution in [2.75, 3.05) is 13.7 Å².